The first-order valence-electron chi connectivity index (χ1n) is 11.8. The van der Waals surface area contributed by atoms with Crippen LogP contribution in [0.3, 0.4) is 0 Å². The first-order chi connectivity index (χ1) is 17.1. The molecule has 0 radical (unpaired) electrons. The summed E-state index contributed by atoms with van der Waals surface area (Å²) in [4.78, 5) is 19.4. The summed E-state index contributed by atoms with van der Waals surface area (Å²) < 4.78 is 25.1. The van der Waals surface area contributed by atoms with Crippen LogP contribution in [-0.4, -0.2) is 42.1 Å². The van der Waals surface area contributed by atoms with Crippen molar-refractivity contribution in [3.05, 3.63) is 108 Å². The van der Waals surface area contributed by atoms with E-state index < -0.39 is 0 Å². The largest absolute Gasteiger partial charge is 0.489 e. The summed E-state index contributed by atoms with van der Waals surface area (Å²) >= 11 is 0. The molecule has 3 aromatic carbocycles. The van der Waals surface area contributed by atoms with Gasteiger partial charge in [-0.1, -0.05) is 30.3 Å². The quantitative estimate of drug-likeness (QED) is 0.385. The van der Waals surface area contributed by atoms with E-state index in [4.69, 9.17) is 9.47 Å². The van der Waals surface area contributed by atoms with Crippen LogP contribution >= 0.6 is 0 Å². The molecule has 1 aliphatic rings. The molecular weight excluding hydrogens is 443 g/mol. The average Bonchev–Trinajstić information content (AvgIpc) is 3.13. The molecule has 0 saturated carbocycles. The smallest absolute Gasteiger partial charge is 0.254 e. The lowest BCUT2D eigenvalue weighted by atomic mass is 9.97. The van der Waals surface area contributed by atoms with Crippen molar-refractivity contribution in [2.75, 3.05) is 26.3 Å². The van der Waals surface area contributed by atoms with Crippen LogP contribution in [0.15, 0.2) is 85.2 Å². The highest BCUT2D eigenvalue weighted by Crippen LogP contribution is 2.21. The number of hydrogen-bond acceptors (Lipinski definition) is 4. The van der Waals surface area contributed by atoms with Crippen LogP contribution < -0.4 is 4.74 Å². The number of halogens is 1. The summed E-state index contributed by atoms with van der Waals surface area (Å²) in [5.74, 6) is 0.434. The van der Waals surface area contributed by atoms with Crippen LogP contribution in [0.4, 0.5) is 4.39 Å². The van der Waals surface area contributed by atoms with Gasteiger partial charge < -0.3 is 14.4 Å². The number of carbonyl (C=O) groups excluding carboxylic acids is 1. The number of carbonyl (C=O) groups is 1. The molecular formula is C29H27FN2O3. The monoisotopic (exact) mass is 470 g/mol. The molecule has 1 saturated heterocycles. The molecule has 1 aliphatic heterocycles. The second-order valence-electron chi connectivity index (χ2n) is 8.90. The van der Waals surface area contributed by atoms with E-state index in [0.29, 0.717) is 37.6 Å². The van der Waals surface area contributed by atoms with E-state index in [-0.39, 0.29) is 24.2 Å². The highest BCUT2D eigenvalue weighted by Gasteiger charge is 2.24. The molecule has 35 heavy (non-hydrogen) atoms. The minimum absolute atomic E-state index is 0.0422. The Balaban J connectivity index is 1.25. The van der Waals surface area contributed by atoms with Gasteiger partial charge >= 0.3 is 0 Å². The molecule has 1 fully saturated rings. The molecule has 178 valence electrons. The molecule has 1 aromatic heterocycles. The molecule has 1 amide bonds. The van der Waals surface area contributed by atoms with Crippen molar-refractivity contribution in [1.29, 1.82) is 0 Å². The van der Waals surface area contributed by atoms with Gasteiger partial charge in [-0.2, -0.15) is 0 Å². The van der Waals surface area contributed by atoms with Gasteiger partial charge in [0.15, 0.2) is 0 Å². The fraction of sp³-hybridized carbons (Fsp3) is 0.241. The summed E-state index contributed by atoms with van der Waals surface area (Å²) in [5, 5.41) is 2.28. The summed E-state index contributed by atoms with van der Waals surface area (Å²) in [7, 11) is 0. The Kier molecular flexibility index (Phi) is 7.00. The Bertz CT molecular complexity index is 1330. The van der Waals surface area contributed by atoms with Gasteiger partial charge in [0.05, 0.1) is 13.2 Å². The van der Waals surface area contributed by atoms with Crippen LogP contribution in [-0.2, 0) is 17.8 Å². The summed E-state index contributed by atoms with van der Waals surface area (Å²) in [6.45, 7) is 2.53. The lowest BCUT2D eigenvalue weighted by molar-refractivity contribution is 0.0737. The van der Waals surface area contributed by atoms with Crippen LogP contribution in [0.25, 0.3) is 10.8 Å². The minimum Gasteiger partial charge on any atom is -0.489 e. The Morgan fingerprint density at radius 3 is 2.86 bits per heavy atom. The third kappa shape index (κ3) is 5.84. The van der Waals surface area contributed by atoms with E-state index in [0.717, 1.165) is 22.8 Å². The van der Waals surface area contributed by atoms with Crippen LogP contribution in [0.5, 0.6) is 5.75 Å². The summed E-state index contributed by atoms with van der Waals surface area (Å²) in [6.07, 6.45) is 4.50. The second kappa shape index (κ2) is 10.7. The van der Waals surface area contributed by atoms with Gasteiger partial charge in [0.2, 0.25) is 0 Å². The third-order valence-corrected chi connectivity index (χ3v) is 6.23. The Morgan fingerprint density at radius 1 is 1.03 bits per heavy atom. The fourth-order valence-corrected chi connectivity index (χ4v) is 4.48. The zero-order valence-electron chi connectivity index (χ0n) is 19.4. The van der Waals surface area contributed by atoms with Crippen molar-refractivity contribution in [2.45, 2.75) is 13.0 Å². The van der Waals surface area contributed by atoms with Gasteiger partial charge in [0.1, 0.15) is 18.2 Å². The molecule has 0 bridgehead atoms. The number of hydrogen-bond donors (Lipinski definition) is 0. The zero-order valence-corrected chi connectivity index (χ0v) is 19.4. The van der Waals surface area contributed by atoms with Crippen LogP contribution in [0.2, 0.25) is 0 Å². The van der Waals surface area contributed by atoms with Gasteiger partial charge in [0.25, 0.3) is 5.91 Å². The van der Waals surface area contributed by atoms with E-state index in [2.05, 4.69) is 23.2 Å². The Labute approximate surface area is 204 Å². The van der Waals surface area contributed by atoms with Gasteiger partial charge in [0, 0.05) is 42.4 Å². The predicted octanol–water partition coefficient (Wildman–Crippen LogP) is 5.28. The topological polar surface area (TPSA) is 51.7 Å². The number of nitrogens with zero attached hydrogens (tertiary/aromatic N) is 2. The Morgan fingerprint density at radius 2 is 1.94 bits per heavy atom. The van der Waals surface area contributed by atoms with Crippen molar-refractivity contribution in [3.8, 4) is 5.75 Å². The second-order valence-corrected chi connectivity index (χ2v) is 8.90. The van der Waals surface area contributed by atoms with Crippen LogP contribution in [0, 0.1) is 11.7 Å². The number of fused-ring (bicyclic) bond motifs is 1. The summed E-state index contributed by atoms with van der Waals surface area (Å²) in [5.41, 5.74) is 2.51. The van der Waals surface area contributed by atoms with Gasteiger partial charge in [-0.15, -0.1) is 0 Å². The maximum atomic E-state index is 13.4. The first-order valence-corrected chi connectivity index (χ1v) is 11.8. The van der Waals surface area contributed by atoms with Crippen molar-refractivity contribution >= 4 is 16.7 Å². The molecule has 1 atom stereocenters. The van der Waals surface area contributed by atoms with Crippen molar-refractivity contribution < 1.29 is 18.7 Å². The molecule has 0 spiro atoms. The maximum absolute atomic E-state index is 13.4. The highest BCUT2D eigenvalue weighted by molar-refractivity contribution is 5.94. The Hall–Kier alpha value is -3.77. The molecule has 0 N–H and O–H groups in total. The van der Waals surface area contributed by atoms with Gasteiger partial charge in [-0.25, -0.2) is 4.39 Å². The normalized spacial score (nSPS) is 16.1. The minimum atomic E-state index is -0.298. The number of benzene rings is 3. The number of pyridine rings is 1. The predicted molar refractivity (Wildman–Crippen MR) is 133 cm³/mol. The number of rotatable bonds is 6. The van der Waals surface area contributed by atoms with E-state index >= 15 is 0 Å². The summed E-state index contributed by atoms with van der Waals surface area (Å²) in [6, 6.07) is 21.9. The lowest BCUT2D eigenvalue weighted by Crippen LogP contribution is -2.36. The fourth-order valence-electron chi connectivity index (χ4n) is 4.48. The standard InChI is InChI=1S/C29H27FN2O3/c30-27-5-1-3-22(15-27)20-35-28-6-2-4-25(16-28)29(33)32-11-12-34-19-23(18-32)13-21-7-8-24-9-10-31-17-26(24)14-21/h1-10,14-17,23H,11-13,18-20H2/t23-/m1/s1. The molecule has 0 unspecified atom stereocenters. The van der Waals surface area contributed by atoms with E-state index in [9.17, 15) is 9.18 Å². The van der Waals surface area contributed by atoms with Crippen molar-refractivity contribution in [2.24, 2.45) is 5.92 Å². The molecule has 2 heterocycles. The average molecular weight is 471 g/mol. The first kappa shape index (κ1) is 23.0. The number of amides is 1. The van der Waals surface area contributed by atoms with E-state index in [1.807, 2.05) is 29.3 Å². The SMILES string of the molecule is O=C(c1cccc(OCc2cccc(F)c2)c1)N1CCOC[C@H](Cc2ccc3ccncc3c2)C1. The molecule has 6 heteroatoms. The van der Waals surface area contributed by atoms with Crippen molar-refractivity contribution in [1.82, 2.24) is 9.88 Å². The van der Waals surface area contributed by atoms with Gasteiger partial charge in [-0.3, -0.25) is 9.78 Å². The van der Waals surface area contributed by atoms with Gasteiger partial charge in [-0.05, 0) is 65.4 Å². The molecule has 5 rings (SSSR count). The van der Waals surface area contributed by atoms with Crippen molar-refractivity contribution in [3.63, 3.8) is 0 Å². The van der Waals surface area contributed by atoms with E-state index in [1.165, 1.54) is 17.7 Å². The van der Waals surface area contributed by atoms with Crippen LogP contribution in [0.1, 0.15) is 21.5 Å². The lowest BCUT2D eigenvalue weighted by Gasteiger charge is -2.24. The maximum Gasteiger partial charge on any atom is 0.254 e. The number of aromatic nitrogens is 1. The third-order valence-electron chi connectivity index (χ3n) is 6.23. The molecule has 5 nitrogen and oxygen atoms in total. The van der Waals surface area contributed by atoms with E-state index in [1.54, 1.807) is 30.5 Å². The number of ether oxygens (including phenoxy) is 2. The zero-order chi connectivity index (χ0) is 24.0. The molecule has 4 aromatic rings. The molecule has 0 aliphatic carbocycles. The highest BCUT2D eigenvalue weighted by atomic mass is 19.1.